The van der Waals surface area contributed by atoms with E-state index in [1.54, 1.807) is 26.8 Å². The third kappa shape index (κ3) is 4.18. The van der Waals surface area contributed by atoms with Crippen LogP contribution in [0.5, 0.6) is 0 Å². The van der Waals surface area contributed by atoms with E-state index in [1.807, 2.05) is 0 Å². The first-order chi connectivity index (χ1) is 14.0. The molecule has 1 aromatic heterocycles. The van der Waals surface area contributed by atoms with Gasteiger partial charge in [-0.2, -0.15) is 9.94 Å². The zero-order valence-electron chi connectivity index (χ0n) is 16.0. The van der Waals surface area contributed by atoms with Gasteiger partial charge in [0.15, 0.2) is 5.82 Å². The maximum Gasteiger partial charge on any atom is 0.244 e. The van der Waals surface area contributed by atoms with Gasteiger partial charge in [-0.1, -0.05) is 29.8 Å². The van der Waals surface area contributed by atoms with Gasteiger partial charge in [-0.05, 0) is 42.7 Å². The second-order valence-electron chi connectivity index (χ2n) is 6.76. The summed E-state index contributed by atoms with van der Waals surface area (Å²) in [6.07, 6.45) is 0. The molecule has 7 nitrogen and oxygen atoms in total. The molecule has 0 aliphatic rings. The molecule has 0 bridgehead atoms. The van der Waals surface area contributed by atoms with Crippen molar-refractivity contribution >= 4 is 21.6 Å². The predicted octanol–water partition coefficient (Wildman–Crippen LogP) is 3.71. The Balaban J connectivity index is 2.09. The zero-order valence-corrected chi connectivity index (χ0v) is 17.6. The summed E-state index contributed by atoms with van der Waals surface area (Å²) in [6.45, 7) is 5.06. The molecule has 160 valence electrons. The van der Waals surface area contributed by atoms with Crippen molar-refractivity contribution in [3.05, 3.63) is 69.3 Å². The largest absolute Gasteiger partial charge is 0.244 e. The van der Waals surface area contributed by atoms with Crippen molar-refractivity contribution in [2.45, 2.75) is 37.6 Å². The molecule has 2 atom stereocenters. The first-order valence-corrected chi connectivity index (χ1v) is 10.5. The van der Waals surface area contributed by atoms with E-state index in [-0.39, 0.29) is 11.4 Å². The number of sulfonamides is 1. The number of H-pyrrole nitrogens is 1. The summed E-state index contributed by atoms with van der Waals surface area (Å²) in [5.41, 5.74) is 1.65. The number of tetrazole rings is 1. The van der Waals surface area contributed by atoms with Crippen molar-refractivity contribution in [2.24, 2.45) is 0 Å². The van der Waals surface area contributed by atoms with Crippen LogP contribution in [-0.2, 0) is 10.0 Å². The number of aromatic nitrogens is 4. The number of nitrogens with zero attached hydrogens (tertiary/aromatic N) is 3. The molecular formula is C18H17ClF3N5O2S. The minimum absolute atomic E-state index is 0.0833. The molecule has 1 heterocycles. The summed E-state index contributed by atoms with van der Waals surface area (Å²) in [4.78, 5) is -0.865. The summed E-state index contributed by atoms with van der Waals surface area (Å²) >= 11 is 5.62. The molecule has 2 N–H and O–H groups in total. The molecule has 0 aliphatic carbocycles. The van der Waals surface area contributed by atoms with Crippen LogP contribution in [0.15, 0.2) is 29.2 Å². The number of hydrogen-bond donors (Lipinski definition) is 2. The average molecular weight is 460 g/mol. The van der Waals surface area contributed by atoms with E-state index in [0.717, 1.165) is 5.56 Å². The molecule has 2 aromatic carbocycles. The van der Waals surface area contributed by atoms with Crippen molar-refractivity contribution in [3.8, 4) is 0 Å². The van der Waals surface area contributed by atoms with Crippen LogP contribution in [0.1, 0.15) is 41.4 Å². The van der Waals surface area contributed by atoms with Gasteiger partial charge in [0, 0.05) is 12.0 Å². The first-order valence-electron chi connectivity index (χ1n) is 8.68. The number of hydrogen-bond acceptors (Lipinski definition) is 5. The number of rotatable bonds is 6. The lowest BCUT2D eigenvalue weighted by atomic mass is 9.88. The Kier molecular flexibility index (Phi) is 6.16. The fourth-order valence-corrected chi connectivity index (χ4v) is 4.74. The van der Waals surface area contributed by atoms with E-state index < -0.39 is 49.4 Å². The molecule has 0 saturated carbocycles. The van der Waals surface area contributed by atoms with Gasteiger partial charge < -0.3 is 0 Å². The van der Waals surface area contributed by atoms with Crippen LogP contribution in [0.3, 0.4) is 0 Å². The van der Waals surface area contributed by atoms with Gasteiger partial charge >= 0.3 is 0 Å². The first kappa shape index (κ1) is 22.2. The van der Waals surface area contributed by atoms with E-state index in [2.05, 4.69) is 25.3 Å². The van der Waals surface area contributed by atoms with E-state index in [1.165, 1.54) is 6.07 Å². The van der Waals surface area contributed by atoms with Gasteiger partial charge in [-0.3, -0.25) is 0 Å². The highest BCUT2D eigenvalue weighted by Crippen LogP contribution is 2.35. The Bertz CT molecular complexity index is 1190. The molecule has 0 radical (unpaired) electrons. The Morgan fingerprint density at radius 3 is 2.43 bits per heavy atom. The van der Waals surface area contributed by atoms with Crippen molar-refractivity contribution in [1.82, 2.24) is 25.3 Å². The fraction of sp³-hybridized carbons (Fsp3) is 0.278. The Labute approximate surface area is 175 Å². The molecule has 30 heavy (non-hydrogen) atoms. The number of aromatic amines is 1. The van der Waals surface area contributed by atoms with Crippen LogP contribution in [0.25, 0.3) is 0 Å². The lowest BCUT2D eigenvalue weighted by molar-refractivity contribution is 0.474. The Morgan fingerprint density at radius 2 is 1.80 bits per heavy atom. The molecule has 12 heteroatoms. The smallest absolute Gasteiger partial charge is 0.207 e. The molecule has 0 amide bonds. The third-order valence-corrected chi connectivity index (χ3v) is 6.62. The molecular weight excluding hydrogens is 443 g/mol. The van der Waals surface area contributed by atoms with Crippen LogP contribution in [0, 0.1) is 31.3 Å². The van der Waals surface area contributed by atoms with Crippen molar-refractivity contribution in [2.75, 3.05) is 0 Å². The van der Waals surface area contributed by atoms with Crippen LogP contribution in [-0.4, -0.2) is 29.0 Å². The standard InChI is InChI=1S/C18H17ClF3N5O2S/c1-8-4-5-12(20)16(9(8)2)10(3)17(18-23-26-27-24-18)25-30(28,29)15-6-11(19)13(21)7-14(15)22/h4-7,10,17,25H,1-3H3,(H,23,24,26,27)/t10-,17+/m1/s1. The molecule has 0 spiro atoms. The minimum Gasteiger partial charge on any atom is -0.207 e. The summed E-state index contributed by atoms with van der Waals surface area (Å²) in [6, 6.07) is 2.69. The molecule has 0 saturated heterocycles. The monoisotopic (exact) mass is 459 g/mol. The van der Waals surface area contributed by atoms with Gasteiger partial charge in [-0.15, -0.1) is 10.2 Å². The summed E-state index contributed by atoms with van der Waals surface area (Å²) in [7, 11) is -4.56. The summed E-state index contributed by atoms with van der Waals surface area (Å²) < 4.78 is 70.3. The zero-order chi connectivity index (χ0) is 22.2. The minimum atomic E-state index is -4.56. The maximum absolute atomic E-state index is 14.6. The highest BCUT2D eigenvalue weighted by Gasteiger charge is 2.34. The van der Waals surface area contributed by atoms with Crippen LogP contribution < -0.4 is 4.72 Å². The lowest BCUT2D eigenvalue weighted by Crippen LogP contribution is -2.34. The summed E-state index contributed by atoms with van der Waals surface area (Å²) in [5, 5.41) is 12.7. The van der Waals surface area contributed by atoms with E-state index in [9.17, 15) is 21.6 Å². The van der Waals surface area contributed by atoms with Crippen molar-refractivity contribution < 1.29 is 21.6 Å². The molecule has 0 fully saturated rings. The Morgan fingerprint density at radius 1 is 1.10 bits per heavy atom. The predicted molar refractivity (Wildman–Crippen MR) is 103 cm³/mol. The molecule has 0 aliphatic heterocycles. The molecule has 3 aromatic rings. The topological polar surface area (TPSA) is 101 Å². The molecule has 0 unspecified atom stereocenters. The SMILES string of the molecule is Cc1ccc(F)c([C@@H](C)[C@H](NS(=O)(=O)c2cc(Cl)c(F)cc2F)c2nn[nH]n2)c1C. The van der Waals surface area contributed by atoms with Gasteiger partial charge in [0.05, 0.1) is 11.1 Å². The van der Waals surface area contributed by atoms with Gasteiger partial charge in [0.1, 0.15) is 22.3 Å². The van der Waals surface area contributed by atoms with Crippen molar-refractivity contribution in [1.29, 1.82) is 0 Å². The van der Waals surface area contributed by atoms with Gasteiger partial charge in [-0.25, -0.2) is 21.6 Å². The highest BCUT2D eigenvalue weighted by molar-refractivity contribution is 7.89. The van der Waals surface area contributed by atoms with Gasteiger partial charge in [0.25, 0.3) is 0 Å². The number of benzene rings is 2. The van der Waals surface area contributed by atoms with Crippen molar-refractivity contribution in [3.63, 3.8) is 0 Å². The van der Waals surface area contributed by atoms with E-state index in [0.29, 0.717) is 17.7 Å². The number of nitrogens with one attached hydrogen (secondary N) is 2. The quantitative estimate of drug-likeness (QED) is 0.547. The third-order valence-electron chi connectivity index (χ3n) is 4.87. The lowest BCUT2D eigenvalue weighted by Gasteiger charge is -2.25. The highest BCUT2D eigenvalue weighted by atomic mass is 35.5. The van der Waals surface area contributed by atoms with E-state index >= 15 is 0 Å². The second kappa shape index (κ2) is 8.32. The number of aryl methyl sites for hydroxylation is 1. The normalized spacial score (nSPS) is 14.0. The van der Waals surface area contributed by atoms with Crippen LogP contribution in [0.4, 0.5) is 13.2 Å². The summed E-state index contributed by atoms with van der Waals surface area (Å²) in [5.74, 6) is -3.87. The molecule has 3 rings (SSSR count). The fourth-order valence-electron chi connectivity index (χ4n) is 3.15. The van der Waals surface area contributed by atoms with Crippen LogP contribution >= 0.6 is 11.6 Å². The van der Waals surface area contributed by atoms with Gasteiger partial charge in [0.2, 0.25) is 10.0 Å². The maximum atomic E-state index is 14.6. The van der Waals surface area contributed by atoms with E-state index in [4.69, 9.17) is 11.6 Å². The Hall–Kier alpha value is -2.50. The second-order valence-corrected chi connectivity index (χ2v) is 8.85. The van der Waals surface area contributed by atoms with Crippen LogP contribution in [0.2, 0.25) is 5.02 Å². The number of halogens is 4. The average Bonchev–Trinajstić information content (AvgIpc) is 3.20.